The van der Waals surface area contributed by atoms with Crippen LogP contribution in [-0.2, 0) is 21.5 Å². The molecule has 2 rings (SSSR count). The highest BCUT2D eigenvalue weighted by molar-refractivity contribution is 5.83. The quantitative estimate of drug-likeness (QED) is 0.704. The summed E-state index contributed by atoms with van der Waals surface area (Å²) in [6, 6.07) is 7.83. The third-order valence-electron chi connectivity index (χ3n) is 3.06. The molecule has 1 aliphatic carbocycles. The molecule has 3 nitrogen and oxygen atoms in total. The Kier molecular flexibility index (Phi) is 2.49. The summed E-state index contributed by atoms with van der Waals surface area (Å²) >= 11 is 0. The number of rotatable bonds is 1. The van der Waals surface area contributed by atoms with E-state index < -0.39 is 5.54 Å². The Bertz CT molecular complexity index is 389. The zero-order chi connectivity index (χ0) is 10.9. The number of fused-ring (bicyclic) bond motifs is 1. The Morgan fingerprint density at radius 2 is 2.20 bits per heavy atom. The van der Waals surface area contributed by atoms with Crippen LogP contribution in [0.4, 0.5) is 0 Å². The van der Waals surface area contributed by atoms with E-state index in [1.807, 2.05) is 24.3 Å². The van der Waals surface area contributed by atoms with Gasteiger partial charge in [-0.1, -0.05) is 24.3 Å². The molecule has 15 heavy (non-hydrogen) atoms. The van der Waals surface area contributed by atoms with Crippen LogP contribution < -0.4 is 5.73 Å². The fourth-order valence-electron chi connectivity index (χ4n) is 2.26. The molecule has 0 amide bonds. The van der Waals surface area contributed by atoms with Crippen molar-refractivity contribution in [2.45, 2.75) is 24.8 Å². The lowest BCUT2D eigenvalue weighted by molar-refractivity contribution is -0.148. The van der Waals surface area contributed by atoms with Gasteiger partial charge in [0.25, 0.3) is 0 Å². The van der Waals surface area contributed by atoms with E-state index in [-0.39, 0.29) is 5.97 Å². The fourth-order valence-corrected chi connectivity index (χ4v) is 2.26. The second-order valence-electron chi connectivity index (χ2n) is 3.97. The molecule has 0 radical (unpaired) electrons. The highest BCUT2D eigenvalue weighted by Gasteiger charge is 2.40. The maximum Gasteiger partial charge on any atom is 0.330 e. The minimum absolute atomic E-state index is 0.338. The van der Waals surface area contributed by atoms with E-state index in [0.29, 0.717) is 6.42 Å². The molecule has 0 unspecified atom stereocenters. The van der Waals surface area contributed by atoms with Crippen LogP contribution in [0.3, 0.4) is 0 Å². The normalized spacial score (nSPS) is 24.4. The van der Waals surface area contributed by atoms with Crippen LogP contribution in [0.5, 0.6) is 0 Å². The average molecular weight is 205 g/mol. The van der Waals surface area contributed by atoms with Gasteiger partial charge in [0.15, 0.2) is 0 Å². The maximum atomic E-state index is 11.7. The van der Waals surface area contributed by atoms with Gasteiger partial charge in [-0.15, -0.1) is 0 Å². The lowest BCUT2D eigenvalue weighted by Crippen LogP contribution is -2.48. The summed E-state index contributed by atoms with van der Waals surface area (Å²) in [6.45, 7) is 0. The maximum absolute atomic E-state index is 11.7. The molecule has 1 atom stereocenters. The molecule has 0 fully saturated rings. The summed E-state index contributed by atoms with van der Waals surface area (Å²) in [4.78, 5) is 11.7. The predicted molar refractivity (Wildman–Crippen MR) is 57.3 cm³/mol. The Hall–Kier alpha value is -1.35. The van der Waals surface area contributed by atoms with E-state index in [4.69, 9.17) is 10.5 Å². The van der Waals surface area contributed by atoms with Crippen LogP contribution >= 0.6 is 0 Å². The summed E-state index contributed by atoms with van der Waals surface area (Å²) in [7, 11) is 1.38. The van der Waals surface area contributed by atoms with Crippen LogP contribution in [0.1, 0.15) is 24.0 Å². The number of hydrogen-bond donors (Lipinski definition) is 1. The number of carbonyl (C=O) groups excluding carboxylic acids is 1. The molecule has 0 heterocycles. The highest BCUT2D eigenvalue weighted by atomic mass is 16.5. The molecular weight excluding hydrogens is 190 g/mol. The van der Waals surface area contributed by atoms with E-state index in [1.165, 1.54) is 7.11 Å². The van der Waals surface area contributed by atoms with Crippen LogP contribution in [-0.4, -0.2) is 13.1 Å². The monoisotopic (exact) mass is 205 g/mol. The van der Waals surface area contributed by atoms with Crippen molar-refractivity contribution in [3.05, 3.63) is 35.4 Å². The first-order valence-electron chi connectivity index (χ1n) is 5.14. The SMILES string of the molecule is COC(=O)[C@@]1(N)CCCc2ccccc21. The van der Waals surface area contributed by atoms with Gasteiger partial charge in [0.05, 0.1) is 7.11 Å². The summed E-state index contributed by atoms with van der Waals surface area (Å²) < 4.78 is 4.79. The topological polar surface area (TPSA) is 52.3 Å². The number of methoxy groups -OCH3 is 1. The summed E-state index contributed by atoms with van der Waals surface area (Å²) in [5, 5.41) is 0. The largest absolute Gasteiger partial charge is 0.467 e. The zero-order valence-electron chi connectivity index (χ0n) is 8.82. The molecule has 1 aliphatic rings. The van der Waals surface area contributed by atoms with E-state index in [9.17, 15) is 4.79 Å². The van der Waals surface area contributed by atoms with Crippen molar-refractivity contribution in [1.29, 1.82) is 0 Å². The average Bonchev–Trinajstić information content (AvgIpc) is 2.28. The first-order chi connectivity index (χ1) is 7.18. The molecule has 0 bridgehead atoms. The highest BCUT2D eigenvalue weighted by Crippen LogP contribution is 2.33. The van der Waals surface area contributed by atoms with Gasteiger partial charge in [0, 0.05) is 0 Å². The predicted octanol–water partition coefficient (Wildman–Crippen LogP) is 1.35. The number of ether oxygens (including phenoxy) is 1. The molecule has 0 saturated carbocycles. The number of carbonyl (C=O) groups is 1. The zero-order valence-corrected chi connectivity index (χ0v) is 8.82. The summed E-state index contributed by atoms with van der Waals surface area (Å²) in [5.41, 5.74) is 7.29. The lowest BCUT2D eigenvalue weighted by Gasteiger charge is -2.32. The van der Waals surface area contributed by atoms with Gasteiger partial charge >= 0.3 is 5.97 Å². The molecule has 3 heteroatoms. The van der Waals surface area contributed by atoms with Crippen molar-refractivity contribution in [2.24, 2.45) is 5.73 Å². The second kappa shape index (κ2) is 3.66. The Labute approximate surface area is 89.2 Å². The molecule has 1 aromatic rings. The third kappa shape index (κ3) is 1.53. The Balaban J connectivity index is 2.49. The number of hydrogen-bond acceptors (Lipinski definition) is 3. The van der Waals surface area contributed by atoms with Gasteiger partial charge in [0.1, 0.15) is 5.54 Å². The van der Waals surface area contributed by atoms with Crippen LogP contribution in [0, 0.1) is 0 Å². The van der Waals surface area contributed by atoms with Gasteiger partial charge in [-0.3, -0.25) is 0 Å². The molecule has 0 saturated heterocycles. The van der Waals surface area contributed by atoms with E-state index in [0.717, 1.165) is 24.0 Å². The van der Waals surface area contributed by atoms with E-state index >= 15 is 0 Å². The van der Waals surface area contributed by atoms with E-state index in [2.05, 4.69) is 0 Å². The second-order valence-corrected chi connectivity index (χ2v) is 3.97. The van der Waals surface area contributed by atoms with Gasteiger partial charge in [-0.25, -0.2) is 4.79 Å². The van der Waals surface area contributed by atoms with Gasteiger partial charge < -0.3 is 10.5 Å². The minimum Gasteiger partial charge on any atom is -0.467 e. The Morgan fingerprint density at radius 1 is 1.47 bits per heavy atom. The lowest BCUT2D eigenvalue weighted by atomic mass is 9.77. The molecule has 0 aromatic heterocycles. The standard InChI is InChI=1S/C12H15NO2/c1-15-11(14)12(13)8-4-6-9-5-2-3-7-10(9)12/h2-3,5,7H,4,6,8,13H2,1H3/t12-/m1/s1. The first kappa shape index (κ1) is 10.2. The van der Waals surface area contributed by atoms with Crippen molar-refractivity contribution in [3.63, 3.8) is 0 Å². The van der Waals surface area contributed by atoms with Crippen molar-refractivity contribution < 1.29 is 9.53 Å². The van der Waals surface area contributed by atoms with Crippen molar-refractivity contribution >= 4 is 5.97 Å². The minimum atomic E-state index is -0.941. The van der Waals surface area contributed by atoms with Crippen molar-refractivity contribution in [2.75, 3.05) is 7.11 Å². The van der Waals surface area contributed by atoms with Crippen molar-refractivity contribution in [3.8, 4) is 0 Å². The third-order valence-corrected chi connectivity index (χ3v) is 3.06. The fraction of sp³-hybridized carbons (Fsp3) is 0.417. The smallest absolute Gasteiger partial charge is 0.330 e. The van der Waals surface area contributed by atoms with Crippen LogP contribution in [0.15, 0.2) is 24.3 Å². The molecule has 1 aromatic carbocycles. The van der Waals surface area contributed by atoms with Gasteiger partial charge in [0.2, 0.25) is 0 Å². The molecular formula is C12H15NO2. The molecule has 80 valence electrons. The molecule has 0 aliphatic heterocycles. The number of aryl methyl sites for hydroxylation is 1. The van der Waals surface area contributed by atoms with E-state index in [1.54, 1.807) is 0 Å². The summed E-state index contributed by atoms with van der Waals surface area (Å²) in [5.74, 6) is -0.338. The summed E-state index contributed by atoms with van der Waals surface area (Å²) in [6.07, 6.45) is 2.59. The number of benzene rings is 1. The number of nitrogens with two attached hydrogens (primary N) is 1. The number of esters is 1. The molecule has 0 spiro atoms. The van der Waals surface area contributed by atoms with Crippen molar-refractivity contribution in [1.82, 2.24) is 0 Å². The Morgan fingerprint density at radius 3 is 2.93 bits per heavy atom. The van der Waals surface area contributed by atoms with Crippen LogP contribution in [0.25, 0.3) is 0 Å². The first-order valence-corrected chi connectivity index (χ1v) is 5.14. The van der Waals surface area contributed by atoms with Gasteiger partial charge in [-0.2, -0.15) is 0 Å². The van der Waals surface area contributed by atoms with Crippen LogP contribution in [0.2, 0.25) is 0 Å². The van der Waals surface area contributed by atoms with Gasteiger partial charge in [-0.05, 0) is 30.4 Å². The molecule has 2 N–H and O–H groups in total.